The molecule has 21 heavy (non-hydrogen) atoms. The van der Waals surface area contributed by atoms with Gasteiger partial charge in [0.25, 0.3) is 0 Å². The van der Waals surface area contributed by atoms with Crippen molar-refractivity contribution < 1.29 is 0 Å². The Hall–Kier alpha value is -1.51. The quantitative estimate of drug-likeness (QED) is 0.470. The van der Waals surface area contributed by atoms with E-state index in [9.17, 15) is 0 Å². The van der Waals surface area contributed by atoms with Gasteiger partial charge >= 0.3 is 139 Å². The first-order valence-electron chi connectivity index (χ1n) is 6.84. The van der Waals surface area contributed by atoms with Crippen molar-refractivity contribution >= 4 is 28.1 Å². The Bertz CT molecular complexity index is 683. The summed E-state index contributed by atoms with van der Waals surface area (Å²) in [5, 5.41) is 0.799. The Balaban J connectivity index is 2.29. The molecular formula is C19H14ClGe. The molecule has 0 nitrogen and oxygen atoms in total. The van der Waals surface area contributed by atoms with Crippen molar-refractivity contribution in [1.82, 2.24) is 0 Å². The predicted octanol–water partition coefficient (Wildman–Crippen LogP) is 4.80. The van der Waals surface area contributed by atoms with Gasteiger partial charge in [0, 0.05) is 0 Å². The molecule has 3 aromatic carbocycles. The molecule has 0 saturated carbocycles. The maximum atomic E-state index is 6.51. The van der Waals surface area contributed by atoms with E-state index >= 15 is 0 Å². The molecule has 0 atom stereocenters. The standard InChI is InChI=1S/C19H14ClGe/c20-18-14-8-7-13-17(18)19(21,15-9-3-1-4-10-15)16-11-5-2-6-12-16/h1-14H. The summed E-state index contributed by atoms with van der Waals surface area (Å²) in [5.41, 5.74) is 3.61. The van der Waals surface area contributed by atoms with E-state index in [1.54, 1.807) is 0 Å². The minimum atomic E-state index is -0.263. The second kappa shape index (κ2) is 6.09. The van der Waals surface area contributed by atoms with Gasteiger partial charge in [-0.15, -0.1) is 0 Å². The van der Waals surface area contributed by atoms with Crippen LogP contribution in [0.2, 0.25) is 5.02 Å². The maximum absolute atomic E-state index is 6.51. The number of hydrogen-bond acceptors (Lipinski definition) is 0. The summed E-state index contributed by atoms with van der Waals surface area (Å²) in [4.78, 5) is 0. The molecule has 0 amide bonds. The molecule has 0 fully saturated rings. The third kappa shape index (κ3) is 2.66. The predicted molar refractivity (Wildman–Crippen MR) is 90.0 cm³/mol. The van der Waals surface area contributed by atoms with Gasteiger partial charge in [0.2, 0.25) is 0 Å². The van der Waals surface area contributed by atoms with Gasteiger partial charge in [-0.3, -0.25) is 0 Å². The molecule has 101 valence electrons. The Morgan fingerprint density at radius 3 is 1.52 bits per heavy atom. The van der Waals surface area contributed by atoms with Crippen LogP contribution >= 0.6 is 11.6 Å². The van der Waals surface area contributed by atoms with Crippen molar-refractivity contribution in [3.8, 4) is 0 Å². The zero-order valence-electron chi connectivity index (χ0n) is 11.5. The fourth-order valence-corrected chi connectivity index (χ4v) is 4.22. The van der Waals surface area contributed by atoms with Crippen LogP contribution in [0.5, 0.6) is 0 Å². The first kappa shape index (κ1) is 14.4. The van der Waals surface area contributed by atoms with E-state index in [1.165, 1.54) is 11.1 Å². The minimum absolute atomic E-state index is 0.263. The summed E-state index contributed by atoms with van der Waals surface area (Å²) >= 11 is 8.74. The summed E-state index contributed by atoms with van der Waals surface area (Å²) in [5.74, 6) is 0. The van der Waals surface area contributed by atoms with E-state index in [-0.39, 0.29) is 4.25 Å². The molecule has 3 rings (SSSR count). The van der Waals surface area contributed by atoms with Crippen LogP contribution in [0.25, 0.3) is 0 Å². The summed E-state index contributed by atoms with van der Waals surface area (Å²) < 4.78 is -0.263. The van der Waals surface area contributed by atoms with Gasteiger partial charge in [0.15, 0.2) is 0 Å². The molecule has 0 aliphatic carbocycles. The van der Waals surface area contributed by atoms with Crippen LogP contribution in [-0.4, -0.2) is 16.5 Å². The normalized spacial score (nSPS) is 11.3. The molecule has 0 heterocycles. The zero-order chi connectivity index (χ0) is 14.7. The van der Waals surface area contributed by atoms with E-state index in [0.717, 1.165) is 10.6 Å². The van der Waals surface area contributed by atoms with Gasteiger partial charge in [-0.25, -0.2) is 0 Å². The van der Waals surface area contributed by atoms with Gasteiger partial charge in [-0.1, -0.05) is 0 Å². The van der Waals surface area contributed by atoms with Crippen LogP contribution in [0, 0.1) is 0 Å². The van der Waals surface area contributed by atoms with Crippen molar-refractivity contribution in [2.45, 2.75) is 4.25 Å². The number of rotatable bonds is 3. The van der Waals surface area contributed by atoms with E-state index in [1.807, 2.05) is 30.3 Å². The van der Waals surface area contributed by atoms with E-state index in [4.69, 9.17) is 11.6 Å². The number of halogens is 1. The molecule has 0 aliphatic heterocycles. The van der Waals surface area contributed by atoms with Crippen LogP contribution < -0.4 is 0 Å². The Labute approximate surface area is 139 Å². The second-order valence-corrected chi connectivity index (χ2v) is 6.94. The molecule has 0 aromatic heterocycles. The molecule has 2 heteroatoms. The SMILES string of the molecule is Clc1ccccc1[C]([Ge])(c1ccccc1)c1ccccc1. The summed E-state index contributed by atoms with van der Waals surface area (Å²) in [6.45, 7) is 0. The molecule has 0 spiro atoms. The molecule has 0 bridgehead atoms. The summed E-state index contributed by atoms with van der Waals surface area (Å²) in [6, 6.07) is 29.1. The third-order valence-electron chi connectivity index (χ3n) is 3.69. The molecule has 3 aromatic rings. The Morgan fingerprint density at radius 2 is 1.05 bits per heavy atom. The van der Waals surface area contributed by atoms with Gasteiger partial charge in [-0.05, 0) is 0 Å². The molecule has 3 radical (unpaired) electrons. The fraction of sp³-hybridized carbons (Fsp3) is 0.0526. The average molecular weight is 350 g/mol. The first-order chi connectivity index (χ1) is 10.2. The van der Waals surface area contributed by atoms with Gasteiger partial charge in [0.1, 0.15) is 0 Å². The topological polar surface area (TPSA) is 0 Å². The van der Waals surface area contributed by atoms with Crippen molar-refractivity contribution in [1.29, 1.82) is 0 Å². The van der Waals surface area contributed by atoms with Crippen LogP contribution in [0.3, 0.4) is 0 Å². The van der Waals surface area contributed by atoms with E-state index < -0.39 is 0 Å². The second-order valence-electron chi connectivity index (χ2n) is 4.96. The van der Waals surface area contributed by atoms with Crippen LogP contribution in [0.15, 0.2) is 84.9 Å². The summed E-state index contributed by atoms with van der Waals surface area (Å²) in [6.07, 6.45) is 0. The zero-order valence-corrected chi connectivity index (χ0v) is 14.3. The number of hydrogen-bond donors (Lipinski definition) is 0. The van der Waals surface area contributed by atoms with Crippen LogP contribution in [0.1, 0.15) is 16.7 Å². The van der Waals surface area contributed by atoms with E-state index in [2.05, 4.69) is 71.1 Å². The van der Waals surface area contributed by atoms with Crippen molar-refractivity contribution in [2.24, 2.45) is 0 Å². The van der Waals surface area contributed by atoms with Crippen molar-refractivity contribution in [3.05, 3.63) is 107 Å². The molecule has 0 aliphatic rings. The molecule has 0 saturated heterocycles. The molecule has 0 unspecified atom stereocenters. The Kier molecular flexibility index (Phi) is 4.18. The Morgan fingerprint density at radius 1 is 0.619 bits per heavy atom. The third-order valence-corrected chi connectivity index (χ3v) is 5.80. The average Bonchev–Trinajstić information content (AvgIpc) is 2.56. The molecule has 0 N–H and O–H groups in total. The van der Waals surface area contributed by atoms with Gasteiger partial charge in [0.05, 0.1) is 0 Å². The summed E-state index contributed by atoms with van der Waals surface area (Å²) in [7, 11) is 0. The monoisotopic (exact) mass is 351 g/mol. The fourth-order valence-electron chi connectivity index (χ4n) is 2.62. The van der Waals surface area contributed by atoms with E-state index in [0.29, 0.717) is 0 Å². The van der Waals surface area contributed by atoms with Gasteiger partial charge in [-0.2, -0.15) is 0 Å². The van der Waals surface area contributed by atoms with Crippen molar-refractivity contribution in [2.75, 3.05) is 0 Å². The van der Waals surface area contributed by atoms with Gasteiger partial charge < -0.3 is 0 Å². The van der Waals surface area contributed by atoms with Crippen LogP contribution in [0.4, 0.5) is 0 Å². The molecular weight excluding hydrogens is 336 g/mol. The van der Waals surface area contributed by atoms with Crippen LogP contribution in [-0.2, 0) is 4.25 Å². The first-order valence-corrected chi connectivity index (χ1v) is 8.26. The number of benzene rings is 3. The van der Waals surface area contributed by atoms with Crippen molar-refractivity contribution in [3.63, 3.8) is 0 Å².